The van der Waals surface area contributed by atoms with Crippen LogP contribution in [-0.2, 0) is 15.9 Å². The second kappa shape index (κ2) is 4.60. The predicted octanol–water partition coefficient (Wildman–Crippen LogP) is 1.64. The normalized spacial score (nSPS) is 21.3. The third-order valence-electron chi connectivity index (χ3n) is 3.52. The summed E-state index contributed by atoms with van der Waals surface area (Å²) in [6.07, 6.45) is 0. The van der Waals surface area contributed by atoms with Crippen molar-refractivity contribution in [1.29, 1.82) is 0 Å². The molecular formula is C12H17BBrNO3. The van der Waals surface area contributed by atoms with E-state index in [4.69, 9.17) is 14.4 Å². The average molecular weight is 314 g/mol. The van der Waals surface area contributed by atoms with Gasteiger partial charge in [0.05, 0.1) is 29.1 Å². The van der Waals surface area contributed by atoms with Crippen LogP contribution >= 0.6 is 15.9 Å². The fourth-order valence-corrected chi connectivity index (χ4v) is 2.24. The molecule has 18 heavy (non-hydrogen) atoms. The lowest BCUT2D eigenvalue weighted by atomic mass is 9.84. The van der Waals surface area contributed by atoms with Gasteiger partial charge in [-0.15, -0.1) is 0 Å². The molecule has 1 aromatic rings. The quantitative estimate of drug-likeness (QED) is 0.843. The first-order chi connectivity index (χ1) is 8.25. The van der Waals surface area contributed by atoms with Gasteiger partial charge >= 0.3 is 7.12 Å². The number of aliphatic hydroxyl groups excluding tert-OH is 1. The van der Waals surface area contributed by atoms with E-state index >= 15 is 0 Å². The zero-order valence-corrected chi connectivity index (χ0v) is 12.6. The highest BCUT2D eigenvalue weighted by Crippen LogP contribution is 2.36. The third-order valence-corrected chi connectivity index (χ3v) is 3.98. The highest BCUT2D eigenvalue weighted by Gasteiger charge is 2.52. The molecule has 1 N–H and O–H groups in total. The minimum atomic E-state index is -0.502. The summed E-state index contributed by atoms with van der Waals surface area (Å²) >= 11 is 3.40. The molecule has 1 aliphatic rings. The van der Waals surface area contributed by atoms with Gasteiger partial charge in [0.2, 0.25) is 0 Å². The van der Waals surface area contributed by atoms with Crippen molar-refractivity contribution in [1.82, 2.24) is 4.98 Å². The van der Waals surface area contributed by atoms with E-state index in [-0.39, 0.29) is 17.8 Å². The summed E-state index contributed by atoms with van der Waals surface area (Å²) in [7, 11) is -0.502. The van der Waals surface area contributed by atoms with E-state index in [1.165, 1.54) is 0 Å². The maximum atomic E-state index is 9.17. The minimum Gasteiger partial charge on any atom is -0.398 e. The van der Waals surface area contributed by atoms with Gasteiger partial charge in [0.1, 0.15) is 0 Å². The summed E-state index contributed by atoms with van der Waals surface area (Å²) in [5.41, 5.74) is 0.489. The summed E-state index contributed by atoms with van der Waals surface area (Å²) in [6, 6.07) is 3.62. The van der Waals surface area contributed by atoms with E-state index in [0.717, 1.165) is 4.47 Å². The Morgan fingerprint density at radius 3 is 2.28 bits per heavy atom. The molecule has 0 amide bonds. The molecule has 2 heterocycles. The van der Waals surface area contributed by atoms with Gasteiger partial charge in [0.25, 0.3) is 0 Å². The summed E-state index contributed by atoms with van der Waals surface area (Å²) < 4.78 is 12.7. The SMILES string of the molecule is CC1(C)OB(c2cc(Br)cc(CO)n2)OC1(C)C. The maximum Gasteiger partial charge on any atom is 0.514 e. The van der Waals surface area contributed by atoms with Crippen LogP contribution in [0.25, 0.3) is 0 Å². The second-order valence-electron chi connectivity index (χ2n) is 5.45. The van der Waals surface area contributed by atoms with Gasteiger partial charge in [-0.3, -0.25) is 4.98 Å². The van der Waals surface area contributed by atoms with Crippen molar-refractivity contribution in [3.63, 3.8) is 0 Å². The first-order valence-electron chi connectivity index (χ1n) is 5.88. The Bertz CT molecular complexity index is 449. The van der Waals surface area contributed by atoms with E-state index in [9.17, 15) is 0 Å². The number of rotatable bonds is 2. The van der Waals surface area contributed by atoms with E-state index in [1.54, 1.807) is 6.07 Å². The molecule has 0 bridgehead atoms. The van der Waals surface area contributed by atoms with Crippen molar-refractivity contribution in [2.75, 3.05) is 0 Å². The lowest BCUT2D eigenvalue weighted by molar-refractivity contribution is 0.00578. The Morgan fingerprint density at radius 1 is 1.22 bits per heavy atom. The van der Waals surface area contributed by atoms with E-state index in [0.29, 0.717) is 11.3 Å². The number of hydrogen-bond donors (Lipinski definition) is 1. The molecule has 0 aromatic carbocycles. The Balaban J connectivity index is 2.32. The lowest BCUT2D eigenvalue weighted by Crippen LogP contribution is -2.41. The molecule has 1 saturated heterocycles. The van der Waals surface area contributed by atoms with Crippen molar-refractivity contribution < 1.29 is 14.4 Å². The zero-order valence-electron chi connectivity index (χ0n) is 11.0. The van der Waals surface area contributed by atoms with Crippen molar-refractivity contribution in [3.05, 3.63) is 22.3 Å². The highest BCUT2D eigenvalue weighted by molar-refractivity contribution is 9.10. The van der Waals surface area contributed by atoms with Crippen LogP contribution in [0.5, 0.6) is 0 Å². The molecule has 6 heteroatoms. The minimum absolute atomic E-state index is 0.105. The monoisotopic (exact) mass is 313 g/mol. The van der Waals surface area contributed by atoms with Gasteiger partial charge in [0, 0.05) is 4.47 Å². The number of halogens is 1. The van der Waals surface area contributed by atoms with Gasteiger partial charge in [-0.05, 0) is 39.8 Å². The molecule has 4 nitrogen and oxygen atoms in total. The van der Waals surface area contributed by atoms with Crippen LogP contribution in [0.15, 0.2) is 16.6 Å². The number of aliphatic hydroxyl groups is 1. The zero-order chi connectivity index (χ0) is 13.6. The van der Waals surface area contributed by atoms with Crippen molar-refractivity contribution in [2.45, 2.75) is 45.5 Å². The number of pyridine rings is 1. The van der Waals surface area contributed by atoms with E-state index < -0.39 is 7.12 Å². The molecule has 98 valence electrons. The summed E-state index contributed by atoms with van der Waals surface area (Å²) in [5.74, 6) is 0. The molecule has 0 radical (unpaired) electrons. The van der Waals surface area contributed by atoms with Gasteiger partial charge in [-0.25, -0.2) is 0 Å². The molecule has 0 unspecified atom stereocenters. The van der Waals surface area contributed by atoms with E-state index in [1.807, 2.05) is 33.8 Å². The topological polar surface area (TPSA) is 51.6 Å². The molecular weight excluding hydrogens is 297 g/mol. The summed E-state index contributed by atoms with van der Waals surface area (Å²) in [5, 5.41) is 9.17. The Hall–Kier alpha value is -0.425. The van der Waals surface area contributed by atoms with Crippen LogP contribution in [0, 0.1) is 0 Å². The first kappa shape index (κ1) is 14.0. The Kier molecular flexibility index (Phi) is 3.57. The standard InChI is InChI=1S/C12H17BBrNO3/c1-11(2)12(3,4)18-13(17-11)10-6-8(14)5-9(7-16)15-10/h5-6,16H,7H2,1-4H3. The van der Waals surface area contributed by atoms with Gasteiger partial charge < -0.3 is 14.4 Å². The number of nitrogens with zero attached hydrogens (tertiary/aromatic N) is 1. The molecule has 0 atom stereocenters. The van der Waals surface area contributed by atoms with E-state index in [2.05, 4.69) is 20.9 Å². The van der Waals surface area contributed by atoms with Crippen molar-refractivity contribution >= 4 is 28.6 Å². The van der Waals surface area contributed by atoms with Crippen LogP contribution in [0.2, 0.25) is 0 Å². The summed E-state index contributed by atoms with van der Waals surface area (Å²) in [6.45, 7) is 7.89. The molecule has 0 saturated carbocycles. The van der Waals surface area contributed by atoms with Gasteiger partial charge in [-0.1, -0.05) is 15.9 Å². The average Bonchev–Trinajstić information content (AvgIpc) is 2.47. The van der Waals surface area contributed by atoms with Crippen LogP contribution in [0.1, 0.15) is 33.4 Å². The largest absolute Gasteiger partial charge is 0.514 e. The molecule has 0 aliphatic carbocycles. The Morgan fingerprint density at radius 2 is 1.78 bits per heavy atom. The molecule has 1 fully saturated rings. The smallest absolute Gasteiger partial charge is 0.398 e. The maximum absolute atomic E-state index is 9.17. The van der Waals surface area contributed by atoms with Crippen LogP contribution < -0.4 is 5.59 Å². The van der Waals surface area contributed by atoms with Crippen LogP contribution in [-0.4, -0.2) is 28.4 Å². The third kappa shape index (κ3) is 2.47. The molecule has 2 rings (SSSR count). The lowest BCUT2D eigenvalue weighted by Gasteiger charge is -2.32. The first-order valence-corrected chi connectivity index (χ1v) is 6.67. The van der Waals surface area contributed by atoms with Crippen molar-refractivity contribution in [3.8, 4) is 0 Å². The fraction of sp³-hybridized carbons (Fsp3) is 0.583. The van der Waals surface area contributed by atoms with Crippen molar-refractivity contribution in [2.24, 2.45) is 0 Å². The summed E-state index contributed by atoms with van der Waals surface area (Å²) in [4.78, 5) is 4.34. The van der Waals surface area contributed by atoms with Crippen LogP contribution in [0.4, 0.5) is 0 Å². The number of aromatic nitrogens is 1. The van der Waals surface area contributed by atoms with Crippen LogP contribution in [0.3, 0.4) is 0 Å². The van der Waals surface area contributed by atoms with Gasteiger partial charge in [0.15, 0.2) is 0 Å². The molecule has 1 aliphatic heterocycles. The Labute approximate surface area is 116 Å². The highest BCUT2D eigenvalue weighted by atomic mass is 79.9. The molecule has 1 aromatic heterocycles. The second-order valence-corrected chi connectivity index (χ2v) is 6.36. The fourth-order valence-electron chi connectivity index (χ4n) is 1.74. The molecule has 0 spiro atoms. The predicted molar refractivity (Wildman–Crippen MR) is 73.6 cm³/mol. The number of hydrogen-bond acceptors (Lipinski definition) is 4. The van der Waals surface area contributed by atoms with Gasteiger partial charge in [-0.2, -0.15) is 0 Å².